The molecule has 1 aliphatic rings. The predicted octanol–water partition coefficient (Wildman–Crippen LogP) is 7.45. The van der Waals surface area contributed by atoms with E-state index >= 15 is 0 Å². The van der Waals surface area contributed by atoms with E-state index in [1.54, 1.807) is 32.8 Å². The standard InChI is InChI=1S/C43H67N3O8/c1-29(2)34(24-33-17-16-31(5)39(25-33)52-23-13-22-51-9)26-37(45-41(49)54-43(6,7)8)38(47)27-36(30(3)4)40(48)44-35-18-20-46(21-19-35)42(50)53-28-32-14-11-10-12-15-32/h10-12,14-17,25,29-30,34-38,47H,13,18-24,26-28H2,1-9H3,(H,44,48)(H,45,49). The van der Waals surface area contributed by atoms with Gasteiger partial charge in [-0.25, -0.2) is 9.59 Å². The predicted molar refractivity (Wildman–Crippen MR) is 211 cm³/mol. The van der Waals surface area contributed by atoms with Gasteiger partial charge in [0.1, 0.15) is 18.0 Å². The van der Waals surface area contributed by atoms with Gasteiger partial charge in [-0.2, -0.15) is 0 Å². The highest BCUT2D eigenvalue weighted by atomic mass is 16.6. The van der Waals surface area contributed by atoms with Gasteiger partial charge in [0.15, 0.2) is 0 Å². The Kier molecular flexibility index (Phi) is 18.1. The lowest BCUT2D eigenvalue weighted by atomic mass is 9.80. The van der Waals surface area contributed by atoms with E-state index in [1.165, 1.54) is 0 Å². The third kappa shape index (κ3) is 15.5. The van der Waals surface area contributed by atoms with Gasteiger partial charge >= 0.3 is 12.2 Å². The summed E-state index contributed by atoms with van der Waals surface area (Å²) in [5.74, 6) is 0.477. The first kappa shape index (κ1) is 44.6. The van der Waals surface area contributed by atoms with Crippen LogP contribution < -0.4 is 15.4 Å². The van der Waals surface area contributed by atoms with Crippen molar-refractivity contribution in [2.45, 2.75) is 124 Å². The van der Waals surface area contributed by atoms with Gasteiger partial charge in [-0.1, -0.05) is 70.2 Å². The fourth-order valence-electron chi connectivity index (χ4n) is 6.74. The molecule has 3 amide bonds. The summed E-state index contributed by atoms with van der Waals surface area (Å²) in [4.78, 5) is 41.3. The van der Waals surface area contributed by atoms with Gasteiger partial charge in [0.2, 0.25) is 5.91 Å². The molecule has 0 spiro atoms. The smallest absolute Gasteiger partial charge is 0.410 e. The number of nitrogens with one attached hydrogen (secondary N) is 2. The van der Waals surface area contributed by atoms with Crippen LogP contribution in [0.15, 0.2) is 48.5 Å². The van der Waals surface area contributed by atoms with E-state index in [1.807, 2.05) is 51.1 Å². The van der Waals surface area contributed by atoms with E-state index in [9.17, 15) is 19.5 Å². The molecule has 0 aromatic heterocycles. The number of benzene rings is 2. The van der Waals surface area contributed by atoms with Gasteiger partial charge in [-0.05, 0) is 100 Å². The minimum absolute atomic E-state index is 0.0642. The third-order valence-corrected chi connectivity index (χ3v) is 10.1. The van der Waals surface area contributed by atoms with Gasteiger partial charge < -0.3 is 39.6 Å². The number of aliphatic hydroxyl groups excluding tert-OH is 1. The first-order valence-corrected chi connectivity index (χ1v) is 19.7. The highest BCUT2D eigenvalue weighted by Gasteiger charge is 2.34. The lowest BCUT2D eigenvalue weighted by Gasteiger charge is -2.35. The summed E-state index contributed by atoms with van der Waals surface area (Å²) in [5, 5.41) is 18.0. The molecule has 1 fully saturated rings. The van der Waals surface area contributed by atoms with Gasteiger partial charge in [0.25, 0.3) is 0 Å². The molecule has 302 valence electrons. The van der Waals surface area contributed by atoms with Crippen LogP contribution in [0.2, 0.25) is 0 Å². The Hall–Kier alpha value is -3.83. The summed E-state index contributed by atoms with van der Waals surface area (Å²) in [6, 6.07) is 15.1. The van der Waals surface area contributed by atoms with Crippen molar-refractivity contribution in [3.8, 4) is 5.75 Å². The Morgan fingerprint density at radius 2 is 1.61 bits per heavy atom. The molecule has 4 atom stereocenters. The molecular formula is C43H67N3O8. The molecule has 2 aromatic carbocycles. The fourth-order valence-corrected chi connectivity index (χ4v) is 6.74. The minimum Gasteiger partial charge on any atom is -0.493 e. The maximum atomic E-state index is 13.8. The number of rotatable bonds is 19. The van der Waals surface area contributed by atoms with Gasteiger partial charge in [-0.15, -0.1) is 0 Å². The van der Waals surface area contributed by atoms with E-state index < -0.39 is 29.8 Å². The molecule has 54 heavy (non-hydrogen) atoms. The zero-order valence-corrected chi connectivity index (χ0v) is 34.2. The Morgan fingerprint density at radius 3 is 2.22 bits per heavy atom. The monoisotopic (exact) mass is 753 g/mol. The minimum atomic E-state index is -1.00. The lowest BCUT2D eigenvalue weighted by Crippen LogP contribution is -2.51. The van der Waals surface area contributed by atoms with Crippen molar-refractivity contribution < 1.29 is 38.4 Å². The summed E-state index contributed by atoms with van der Waals surface area (Å²) in [5.41, 5.74) is 2.38. The molecule has 0 saturated carbocycles. The summed E-state index contributed by atoms with van der Waals surface area (Å²) in [7, 11) is 1.68. The van der Waals surface area contributed by atoms with E-state index in [4.69, 9.17) is 18.9 Å². The zero-order valence-electron chi connectivity index (χ0n) is 34.2. The maximum absolute atomic E-state index is 13.8. The number of amides is 3. The largest absolute Gasteiger partial charge is 0.493 e. The zero-order chi connectivity index (χ0) is 39.8. The van der Waals surface area contributed by atoms with Crippen LogP contribution >= 0.6 is 0 Å². The highest BCUT2D eigenvalue weighted by Crippen LogP contribution is 2.29. The Bertz CT molecular complexity index is 1440. The van der Waals surface area contributed by atoms with Crippen molar-refractivity contribution in [2.24, 2.45) is 23.7 Å². The Morgan fingerprint density at radius 1 is 0.926 bits per heavy atom. The van der Waals surface area contributed by atoms with Crippen molar-refractivity contribution >= 4 is 18.1 Å². The molecule has 11 nitrogen and oxygen atoms in total. The molecule has 3 rings (SSSR count). The van der Waals surface area contributed by atoms with Crippen LogP contribution in [-0.2, 0) is 32.0 Å². The molecule has 11 heteroatoms. The molecule has 1 heterocycles. The molecule has 0 radical (unpaired) electrons. The number of hydrogen-bond donors (Lipinski definition) is 3. The topological polar surface area (TPSA) is 136 Å². The van der Waals surface area contributed by atoms with Gasteiger partial charge in [0, 0.05) is 45.2 Å². The van der Waals surface area contributed by atoms with Crippen LogP contribution in [0.4, 0.5) is 9.59 Å². The van der Waals surface area contributed by atoms with Gasteiger partial charge in [0.05, 0.1) is 18.8 Å². The summed E-state index contributed by atoms with van der Waals surface area (Å²) < 4.78 is 22.4. The number of aliphatic hydroxyl groups is 1. The summed E-state index contributed by atoms with van der Waals surface area (Å²) in [6.07, 6.45) is 1.43. The number of ether oxygens (including phenoxy) is 4. The summed E-state index contributed by atoms with van der Waals surface area (Å²) >= 11 is 0. The van der Waals surface area contributed by atoms with Crippen LogP contribution in [0.1, 0.15) is 97.3 Å². The van der Waals surface area contributed by atoms with E-state index in [-0.39, 0.29) is 48.8 Å². The molecule has 3 N–H and O–H groups in total. The quantitative estimate of drug-likeness (QED) is 0.126. The average Bonchev–Trinajstić information content (AvgIpc) is 3.11. The van der Waals surface area contributed by atoms with E-state index in [0.717, 1.165) is 35.3 Å². The molecule has 0 bridgehead atoms. The number of carbonyl (C=O) groups is 3. The second kappa shape index (κ2) is 21.9. The van der Waals surface area contributed by atoms with E-state index in [0.29, 0.717) is 45.6 Å². The average molecular weight is 754 g/mol. The van der Waals surface area contributed by atoms with Crippen LogP contribution in [0.3, 0.4) is 0 Å². The SMILES string of the molecule is COCCCOc1cc(CC(CC(NC(=O)OC(C)(C)C)C(O)CC(C(=O)NC2CCN(C(=O)OCc3ccccc3)CC2)C(C)C)C(C)C)ccc1C. The fraction of sp³-hybridized carbons (Fsp3) is 0.651. The molecule has 4 unspecified atom stereocenters. The second-order valence-corrected chi connectivity index (χ2v) is 16.5. The third-order valence-electron chi connectivity index (χ3n) is 10.1. The Labute approximate surface area is 323 Å². The van der Waals surface area contributed by atoms with Crippen molar-refractivity contribution in [1.82, 2.24) is 15.5 Å². The second-order valence-electron chi connectivity index (χ2n) is 16.5. The van der Waals surface area contributed by atoms with Crippen LogP contribution in [-0.4, -0.2) is 85.3 Å². The number of piperidine rings is 1. The molecular weight excluding hydrogens is 686 g/mol. The van der Waals surface area contributed by atoms with Crippen molar-refractivity contribution in [3.05, 3.63) is 65.2 Å². The molecule has 1 saturated heterocycles. The number of carbonyl (C=O) groups excluding carboxylic acids is 3. The van der Waals surface area contributed by atoms with Crippen LogP contribution in [0, 0.1) is 30.6 Å². The van der Waals surface area contributed by atoms with Crippen molar-refractivity contribution in [1.29, 1.82) is 0 Å². The van der Waals surface area contributed by atoms with Crippen molar-refractivity contribution in [2.75, 3.05) is 33.4 Å². The molecule has 2 aromatic rings. The highest BCUT2D eigenvalue weighted by molar-refractivity contribution is 5.79. The number of aryl methyl sites for hydroxylation is 1. The Balaban J connectivity index is 1.67. The van der Waals surface area contributed by atoms with Gasteiger partial charge in [-0.3, -0.25) is 4.79 Å². The first-order valence-electron chi connectivity index (χ1n) is 19.7. The van der Waals surface area contributed by atoms with E-state index in [2.05, 4.69) is 42.7 Å². The normalized spacial score (nSPS) is 16.0. The number of hydrogen-bond acceptors (Lipinski definition) is 8. The molecule has 1 aliphatic heterocycles. The number of alkyl carbamates (subject to hydrolysis) is 1. The summed E-state index contributed by atoms with van der Waals surface area (Å²) in [6.45, 7) is 18.1. The molecule has 0 aliphatic carbocycles. The van der Waals surface area contributed by atoms with Crippen LogP contribution in [0.25, 0.3) is 0 Å². The van der Waals surface area contributed by atoms with Crippen LogP contribution in [0.5, 0.6) is 5.75 Å². The number of methoxy groups -OCH3 is 1. The lowest BCUT2D eigenvalue weighted by molar-refractivity contribution is -0.128. The van der Waals surface area contributed by atoms with Crippen molar-refractivity contribution in [3.63, 3.8) is 0 Å². The number of likely N-dealkylation sites (tertiary alicyclic amines) is 1. The number of nitrogens with zero attached hydrogens (tertiary/aromatic N) is 1. The maximum Gasteiger partial charge on any atom is 0.410 e. The first-order chi connectivity index (χ1) is 25.6.